The SMILES string of the molecule is Cc1ccc(NC(=O)/C(C#N)=C\c2cc(Br)c(N3CCCC3)o2)cc1. The van der Waals surface area contributed by atoms with Crippen molar-refractivity contribution in [2.75, 3.05) is 23.3 Å². The number of hydrogen-bond donors (Lipinski definition) is 1. The van der Waals surface area contributed by atoms with Gasteiger partial charge in [-0.25, -0.2) is 0 Å². The van der Waals surface area contributed by atoms with Crippen LogP contribution in [0.1, 0.15) is 24.2 Å². The summed E-state index contributed by atoms with van der Waals surface area (Å²) < 4.78 is 6.65. The molecule has 1 aromatic heterocycles. The van der Waals surface area contributed by atoms with Crippen LogP contribution in [-0.4, -0.2) is 19.0 Å². The van der Waals surface area contributed by atoms with Gasteiger partial charge in [-0.1, -0.05) is 17.7 Å². The van der Waals surface area contributed by atoms with Gasteiger partial charge >= 0.3 is 0 Å². The zero-order chi connectivity index (χ0) is 17.8. The maximum absolute atomic E-state index is 12.3. The molecule has 128 valence electrons. The quantitative estimate of drug-likeness (QED) is 0.606. The number of hydrogen-bond acceptors (Lipinski definition) is 4. The van der Waals surface area contributed by atoms with Crippen molar-refractivity contribution in [3.8, 4) is 6.07 Å². The van der Waals surface area contributed by atoms with Gasteiger partial charge in [0.1, 0.15) is 17.4 Å². The molecule has 0 aliphatic carbocycles. The molecule has 5 nitrogen and oxygen atoms in total. The highest BCUT2D eigenvalue weighted by Gasteiger charge is 2.20. The van der Waals surface area contributed by atoms with Crippen LogP contribution in [0.3, 0.4) is 0 Å². The number of aryl methyl sites for hydroxylation is 1. The van der Waals surface area contributed by atoms with Crippen LogP contribution in [0.4, 0.5) is 11.6 Å². The molecule has 0 radical (unpaired) electrons. The van der Waals surface area contributed by atoms with E-state index < -0.39 is 5.91 Å². The van der Waals surface area contributed by atoms with E-state index >= 15 is 0 Å². The van der Waals surface area contributed by atoms with Crippen LogP contribution in [0.2, 0.25) is 0 Å². The fraction of sp³-hybridized carbons (Fsp3) is 0.263. The highest BCUT2D eigenvalue weighted by atomic mass is 79.9. The number of rotatable bonds is 4. The minimum absolute atomic E-state index is 0.00482. The number of amides is 1. The Morgan fingerprint density at radius 2 is 2.00 bits per heavy atom. The van der Waals surface area contributed by atoms with E-state index in [1.807, 2.05) is 25.1 Å². The minimum Gasteiger partial charge on any atom is -0.440 e. The summed E-state index contributed by atoms with van der Waals surface area (Å²) in [5, 5.41) is 12.0. The van der Waals surface area contributed by atoms with E-state index in [1.54, 1.807) is 18.2 Å². The third-order valence-electron chi connectivity index (χ3n) is 4.04. The van der Waals surface area contributed by atoms with Crippen LogP contribution in [-0.2, 0) is 4.79 Å². The zero-order valence-corrected chi connectivity index (χ0v) is 15.5. The Morgan fingerprint density at radius 1 is 1.32 bits per heavy atom. The number of benzene rings is 1. The summed E-state index contributed by atoms with van der Waals surface area (Å²) in [5.74, 6) is 0.769. The van der Waals surface area contributed by atoms with Crippen LogP contribution in [0, 0.1) is 18.3 Å². The molecule has 1 aliphatic heterocycles. The van der Waals surface area contributed by atoms with Crippen LogP contribution in [0.25, 0.3) is 6.08 Å². The first-order chi connectivity index (χ1) is 12.1. The molecule has 2 aromatic rings. The lowest BCUT2D eigenvalue weighted by Crippen LogP contribution is -2.17. The minimum atomic E-state index is -0.457. The molecule has 1 saturated heterocycles. The lowest BCUT2D eigenvalue weighted by molar-refractivity contribution is -0.112. The Morgan fingerprint density at radius 3 is 2.64 bits per heavy atom. The largest absolute Gasteiger partial charge is 0.440 e. The van der Waals surface area contributed by atoms with E-state index in [0.29, 0.717) is 11.4 Å². The number of nitrogens with one attached hydrogen (secondary N) is 1. The van der Waals surface area contributed by atoms with Gasteiger partial charge in [0.2, 0.25) is 5.88 Å². The van der Waals surface area contributed by atoms with E-state index in [9.17, 15) is 10.1 Å². The second-order valence-electron chi connectivity index (χ2n) is 5.99. The monoisotopic (exact) mass is 399 g/mol. The van der Waals surface area contributed by atoms with Crippen molar-refractivity contribution in [1.29, 1.82) is 5.26 Å². The fourth-order valence-corrected chi connectivity index (χ4v) is 3.27. The highest BCUT2D eigenvalue weighted by molar-refractivity contribution is 9.10. The molecule has 1 fully saturated rings. The first-order valence-corrected chi connectivity index (χ1v) is 8.90. The number of anilines is 2. The van der Waals surface area contributed by atoms with Crippen molar-refractivity contribution < 1.29 is 9.21 Å². The molecule has 0 atom stereocenters. The normalized spacial score (nSPS) is 14.4. The van der Waals surface area contributed by atoms with Gasteiger partial charge in [-0.3, -0.25) is 4.79 Å². The summed E-state index contributed by atoms with van der Waals surface area (Å²) in [7, 11) is 0. The van der Waals surface area contributed by atoms with Gasteiger partial charge < -0.3 is 14.6 Å². The molecular formula is C19H18BrN3O2. The fourth-order valence-electron chi connectivity index (χ4n) is 2.71. The number of nitrogens with zero attached hydrogens (tertiary/aromatic N) is 2. The summed E-state index contributed by atoms with van der Waals surface area (Å²) in [6, 6.07) is 11.1. The van der Waals surface area contributed by atoms with E-state index in [-0.39, 0.29) is 5.57 Å². The topological polar surface area (TPSA) is 69.3 Å². The standard InChI is InChI=1S/C19H18BrN3O2/c1-13-4-6-15(7-5-13)22-18(24)14(12-21)10-16-11-17(20)19(25-16)23-8-2-3-9-23/h4-7,10-11H,2-3,8-9H2,1H3,(H,22,24)/b14-10-. The molecule has 2 heterocycles. The Labute approximate surface area is 155 Å². The first kappa shape index (κ1) is 17.3. The van der Waals surface area contributed by atoms with Crippen LogP contribution in [0.5, 0.6) is 0 Å². The summed E-state index contributed by atoms with van der Waals surface area (Å²) in [5.41, 5.74) is 1.74. The first-order valence-electron chi connectivity index (χ1n) is 8.11. The second-order valence-corrected chi connectivity index (χ2v) is 6.84. The second kappa shape index (κ2) is 7.58. The number of furan rings is 1. The molecule has 0 bridgehead atoms. The number of carbonyl (C=O) groups excluding carboxylic acids is 1. The molecular weight excluding hydrogens is 382 g/mol. The Hall–Kier alpha value is -2.52. The van der Waals surface area contributed by atoms with Crippen LogP contribution in [0.15, 0.2) is 44.8 Å². The van der Waals surface area contributed by atoms with Gasteiger partial charge in [-0.15, -0.1) is 0 Å². The average molecular weight is 400 g/mol. The van der Waals surface area contributed by atoms with Crippen molar-refractivity contribution in [2.45, 2.75) is 19.8 Å². The molecule has 6 heteroatoms. The molecule has 1 amide bonds. The Balaban J connectivity index is 1.78. The van der Waals surface area contributed by atoms with Gasteiger partial charge in [-0.05, 0) is 47.8 Å². The molecule has 0 unspecified atom stereocenters. The van der Waals surface area contributed by atoms with Crippen molar-refractivity contribution in [2.24, 2.45) is 0 Å². The summed E-state index contributed by atoms with van der Waals surface area (Å²) in [6.45, 7) is 3.88. The van der Waals surface area contributed by atoms with Gasteiger partial charge in [0.15, 0.2) is 0 Å². The third kappa shape index (κ3) is 4.12. The van der Waals surface area contributed by atoms with E-state index in [4.69, 9.17) is 4.42 Å². The summed E-state index contributed by atoms with van der Waals surface area (Å²) >= 11 is 3.49. The van der Waals surface area contributed by atoms with E-state index in [1.165, 1.54) is 6.08 Å². The summed E-state index contributed by atoms with van der Waals surface area (Å²) in [6.07, 6.45) is 3.75. The predicted octanol–water partition coefficient (Wildman–Crippen LogP) is 4.50. The Bertz CT molecular complexity index is 841. The maximum atomic E-state index is 12.3. The highest BCUT2D eigenvalue weighted by Crippen LogP contribution is 2.33. The van der Waals surface area contributed by atoms with Crippen molar-refractivity contribution in [3.63, 3.8) is 0 Å². The lowest BCUT2D eigenvalue weighted by Gasteiger charge is -2.13. The number of carbonyl (C=O) groups is 1. The van der Waals surface area contributed by atoms with Crippen LogP contribution < -0.4 is 10.2 Å². The van der Waals surface area contributed by atoms with Crippen molar-refractivity contribution >= 4 is 39.5 Å². The molecule has 25 heavy (non-hydrogen) atoms. The third-order valence-corrected chi connectivity index (χ3v) is 4.61. The lowest BCUT2D eigenvalue weighted by atomic mass is 10.2. The predicted molar refractivity (Wildman–Crippen MR) is 101 cm³/mol. The molecule has 1 aromatic carbocycles. The van der Waals surface area contributed by atoms with Gasteiger partial charge in [-0.2, -0.15) is 5.26 Å². The van der Waals surface area contributed by atoms with Gasteiger partial charge in [0.05, 0.1) is 4.47 Å². The molecule has 0 spiro atoms. The molecule has 3 rings (SSSR count). The van der Waals surface area contributed by atoms with E-state index in [2.05, 4.69) is 26.1 Å². The number of nitriles is 1. The van der Waals surface area contributed by atoms with E-state index in [0.717, 1.165) is 41.9 Å². The molecule has 1 N–H and O–H groups in total. The van der Waals surface area contributed by atoms with Crippen molar-refractivity contribution in [1.82, 2.24) is 0 Å². The zero-order valence-electron chi connectivity index (χ0n) is 13.9. The molecule has 1 aliphatic rings. The Kier molecular flexibility index (Phi) is 5.25. The smallest absolute Gasteiger partial charge is 0.266 e. The summed E-state index contributed by atoms with van der Waals surface area (Å²) in [4.78, 5) is 14.5. The molecule has 0 saturated carbocycles. The average Bonchev–Trinajstić information content (AvgIpc) is 3.24. The maximum Gasteiger partial charge on any atom is 0.266 e. The number of halogens is 1. The van der Waals surface area contributed by atoms with Gasteiger partial charge in [0, 0.05) is 30.9 Å². The van der Waals surface area contributed by atoms with Crippen molar-refractivity contribution in [3.05, 3.63) is 51.7 Å². The van der Waals surface area contributed by atoms with Gasteiger partial charge in [0.25, 0.3) is 5.91 Å². The van der Waals surface area contributed by atoms with Crippen LogP contribution >= 0.6 is 15.9 Å².